The van der Waals surface area contributed by atoms with Gasteiger partial charge in [-0.25, -0.2) is 9.18 Å². The molecule has 1 rings (SSSR count). The van der Waals surface area contributed by atoms with Gasteiger partial charge in [-0.15, -0.1) is 0 Å². The molecule has 5 nitrogen and oxygen atoms in total. The van der Waals surface area contributed by atoms with Crippen LogP contribution < -0.4 is 9.84 Å². The first-order valence-electron chi connectivity index (χ1n) is 8.10. The number of carboxylic acids is 1. The molecule has 146 valence electrons. The highest BCUT2D eigenvalue weighted by Crippen LogP contribution is 2.31. The Hall–Kier alpha value is -2.25. The number of esters is 1. The molecule has 0 saturated carbocycles. The molecule has 0 amide bonds. The predicted octanol–water partition coefficient (Wildman–Crippen LogP) is 2.96. The Morgan fingerprint density at radius 2 is 1.81 bits per heavy atom. The summed E-state index contributed by atoms with van der Waals surface area (Å²) in [4.78, 5) is 23.1. The summed E-state index contributed by atoms with van der Waals surface area (Å²) < 4.78 is 51.5. The molecule has 0 fully saturated rings. The Morgan fingerprint density at radius 3 is 2.27 bits per heavy atom. The first-order chi connectivity index (χ1) is 11.8. The lowest BCUT2D eigenvalue weighted by atomic mass is 10.0. The van der Waals surface area contributed by atoms with E-state index in [1.165, 1.54) is 13.8 Å². The van der Waals surface area contributed by atoms with Gasteiger partial charge >= 0.3 is 11.9 Å². The molecule has 0 aromatic heterocycles. The van der Waals surface area contributed by atoms with Crippen LogP contribution in [0, 0.1) is 11.7 Å². The molecule has 0 spiro atoms. The van der Waals surface area contributed by atoms with Gasteiger partial charge in [0.25, 0.3) is 0 Å². The first kappa shape index (κ1) is 21.8. The fourth-order valence-electron chi connectivity index (χ4n) is 2.04. The van der Waals surface area contributed by atoms with E-state index in [1.54, 1.807) is 13.8 Å². The molecule has 1 aromatic rings. The van der Waals surface area contributed by atoms with Gasteiger partial charge < -0.3 is 19.4 Å². The Bertz CT molecular complexity index is 671. The summed E-state index contributed by atoms with van der Waals surface area (Å²) in [5, 5.41) is 10.7. The summed E-state index contributed by atoms with van der Waals surface area (Å²) in [6.07, 6.45) is -1.73. The van der Waals surface area contributed by atoms with Crippen molar-refractivity contribution in [3.05, 3.63) is 29.6 Å². The Kier molecular flexibility index (Phi) is 6.68. The number of ether oxygens (including phenoxy) is 2. The van der Waals surface area contributed by atoms with Crippen LogP contribution >= 0.6 is 0 Å². The van der Waals surface area contributed by atoms with Crippen LogP contribution in [0.2, 0.25) is 0 Å². The third-order valence-corrected chi connectivity index (χ3v) is 3.87. The highest BCUT2D eigenvalue weighted by atomic mass is 19.3. The van der Waals surface area contributed by atoms with Gasteiger partial charge in [0, 0.05) is 6.07 Å². The molecule has 0 aliphatic carbocycles. The molecule has 26 heavy (non-hydrogen) atoms. The van der Waals surface area contributed by atoms with E-state index >= 15 is 0 Å². The molecular formula is C18H22F3O5-. The van der Waals surface area contributed by atoms with Gasteiger partial charge in [-0.1, -0.05) is 20.8 Å². The molecule has 0 saturated heterocycles. The Morgan fingerprint density at radius 1 is 1.23 bits per heavy atom. The molecule has 8 heteroatoms. The van der Waals surface area contributed by atoms with E-state index in [0.29, 0.717) is 6.42 Å². The molecule has 1 aromatic carbocycles. The first-order valence-corrected chi connectivity index (χ1v) is 8.10. The molecule has 1 atom stereocenters. The van der Waals surface area contributed by atoms with Crippen LogP contribution in [0.5, 0.6) is 5.75 Å². The molecule has 0 heterocycles. The lowest BCUT2D eigenvalue weighted by Crippen LogP contribution is -2.53. The quantitative estimate of drug-likeness (QED) is 0.653. The van der Waals surface area contributed by atoms with E-state index in [0.717, 1.165) is 18.2 Å². The van der Waals surface area contributed by atoms with Crippen LogP contribution in [0.3, 0.4) is 0 Å². The third-order valence-electron chi connectivity index (χ3n) is 3.87. The van der Waals surface area contributed by atoms with Gasteiger partial charge in [-0.3, -0.25) is 0 Å². The highest BCUT2D eigenvalue weighted by molar-refractivity contribution is 5.93. The molecule has 1 unspecified atom stereocenters. The largest absolute Gasteiger partial charge is 0.544 e. The zero-order chi connectivity index (χ0) is 20.3. The van der Waals surface area contributed by atoms with Crippen molar-refractivity contribution >= 4 is 11.9 Å². The number of carbonyl (C=O) groups excluding carboxylic acids is 2. The van der Waals surface area contributed by atoms with Gasteiger partial charge in [0.05, 0.1) is 0 Å². The number of hydrogen-bond donors (Lipinski definition) is 0. The minimum atomic E-state index is -4.38. The van der Waals surface area contributed by atoms with Crippen LogP contribution in [0.4, 0.5) is 13.2 Å². The van der Waals surface area contributed by atoms with E-state index in [9.17, 15) is 27.9 Å². The van der Waals surface area contributed by atoms with Crippen molar-refractivity contribution in [3.63, 3.8) is 0 Å². The molecular weight excluding hydrogens is 353 g/mol. The third kappa shape index (κ3) is 5.12. The summed E-state index contributed by atoms with van der Waals surface area (Å²) >= 11 is 0. The molecule has 0 N–H and O–H groups in total. The topological polar surface area (TPSA) is 75.7 Å². The van der Waals surface area contributed by atoms with E-state index in [1.807, 2.05) is 6.92 Å². The smallest absolute Gasteiger partial charge is 0.342 e. The summed E-state index contributed by atoms with van der Waals surface area (Å²) in [6, 6.07) is 2.92. The second-order valence-corrected chi connectivity index (χ2v) is 6.84. The van der Waals surface area contributed by atoms with E-state index in [2.05, 4.69) is 0 Å². The maximum Gasteiger partial charge on any atom is 0.342 e. The highest BCUT2D eigenvalue weighted by Gasteiger charge is 2.46. The van der Waals surface area contributed by atoms with Gasteiger partial charge in [-0.2, -0.15) is 8.78 Å². The minimum Gasteiger partial charge on any atom is -0.544 e. The average Bonchev–Trinajstić information content (AvgIpc) is 2.51. The van der Waals surface area contributed by atoms with Crippen molar-refractivity contribution < 1.29 is 37.3 Å². The SMILES string of the molecule is CCC(C)(C)Oc1cc(F)ccc1C(=O)OC(C(C)C)C(F)(F)C(=O)[O-]. The fourth-order valence-corrected chi connectivity index (χ4v) is 2.04. The van der Waals surface area contributed by atoms with Crippen molar-refractivity contribution in [3.8, 4) is 5.75 Å². The van der Waals surface area contributed by atoms with Crippen LogP contribution in [0.25, 0.3) is 0 Å². The number of benzene rings is 1. The average molecular weight is 375 g/mol. The number of rotatable bonds is 8. The summed E-state index contributed by atoms with van der Waals surface area (Å²) in [5.74, 6) is -10.2. The Balaban J connectivity index is 3.22. The summed E-state index contributed by atoms with van der Waals surface area (Å²) in [7, 11) is 0. The number of carbonyl (C=O) groups is 2. The van der Waals surface area contributed by atoms with Crippen molar-refractivity contribution in [1.29, 1.82) is 0 Å². The van der Waals surface area contributed by atoms with Crippen LogP contribution in [-0.4, -0.2) is 29.6 Å². The standard InChI is InChI=1S/C18H23F3O5/c1-6-17(4,5)26-13-9-11(19)7-8-12(13)15(22)25-14(10(2)3)18(20,21)16(23)24/h7-10,14H,6H2,1-5H3,(H,23,24)/p-1. The van der Waals surface area contributed by atoms with Gasteiger partial charge in [0.15, 0.2) is 6.10 Å². The summed E-state index contributed by atoms with van der Waals surface area (Å²) in [6.45, 7) is 7.77. The van der Waals surface area contributed by atoms with E-state index < -0.39 is 41.3 Å². The minimum absolute atomic E-state index is 0.180. The maximum atomic E-state index is 13.8. The second kappa shape index (κ2) is 7.97. The van der Waals surface area contributed by atoms with Crippen molar-refractivity contribution in [2.24, 2.45) is 5.92 Å². The zero-order valence-corrected chi connectivity index (χ0v) is 15.3. The van der Waals surface area contributed by atoms with E-state index in [-0.39, 0.29) is 11.3 Å². The van der Waals surface area contributed by atoms with Crippen molar-refractivity contribution in [1.82, 2.24) is 0 Å². The van der Waals surface area contributed by atoms with Gasteiger partial charge in [0.2, 0.25) is 0 Å². The number of alkyl halides is 2. The number of hydrogen-bond acceptors (Lipinski definition) is 5. The molecule has 0 bridgehead atoms. The number of carboxylic acid groups (broad SMARTS) is 1. The zero-order valence-electron chi connectivity index (χ0n) is 15.3. The predicted molar refractivity (Wildman–Crippen MR) is 85.4 cm³/mol. The lowest BCUT2D eigenvalue weighted by molar-refractivity contribution is -0.337. The normalized spacial score (nSPS) is 13.4. The summed E-state index contributed by atoms with van der Waals surface area (Å²) in [5.41, 5.74) is -1.04. The van der Waals surface area contributed by atoms with Crippen LogP contribution in [-0.2, 0) is 9.53 Å². The van der Waals surface area contributed by atoms with E-state index in [4.69, 9.17) is 9.47 Å². The lowest BCUT2D eigenvalue weighted by Gasteiger charge is -2.30. The maximum absolute atomic E-state index is 13.8. The Labute approximate surface area is 150 Å². The van der Waals surface area contributed by atoms with Crippen LogP contribution in [0.15, 0.2) is 18.2 Å². The monoisotopic (exact) mass is 375 g/mol. The van der Waals surface area contributed by atoms with Crippen molar-refractivity contribution in [2.75, 3.05) is 0 Å². The van der Waals surface area contributed by atoms with Gasteiger partial charge in [0.1, 0.15) is 28.7 Å². The molecule has 0 aliphatic heterocycles. The van der Waals surface area contributed by atoms with Gasteiger partial charge in [-0.05, 0) is 38.3 Å². The molecule has 0 radical (unpaired) electrons. The van der Waals surface area contributed by atoms with Crippen molar-refractivity contribution in [2.45, 2.75) is 58.7 Å². The second-order valence-electron chi connectivity index (χ2n) is 6.84. The fraction of sp³-hybridized carbons (Fsp3) is 0.556. The number of halogens is 3. The molecule has 0 aliphatic rings. The van der Waals surface area contributed by atoms with Crippen LogP contribution in [0.1, 0.15) is 51.4 Å². The number of aliphatic carboxylic acids is 1.